The lowest BCUT2D eigenvalue weighted by Crippen LogP contribution is -2.38. The predicted octanol–water partition coefficient (Wildman–Crippen LogP) is 3.06. The van der Waals surface area contributed by atoms with Crippen LogP contribution in [-0.4, -0.2) is 31.4 Å². The van der Waals surface area contributed by atoms with E-state index in [1.165, 1.54) is 16.7 Å². The van der Waals surface area contributed by atoms with Gasteiger partial charge < -0.3 is 20.5 Å². The fraction of sp³-hybridized carbons (Fsp3) is 0.455. The van der Waals surface area contributed by atoms with Gasteiger partial charge in [0.25, 0.3) is 0 Å². The molecule has 26 heavy (non-hydrogen) atoms. The molecule has 0 radical (unpaired) electrons. The van der Waals surface area contributed by atoms with E-state index in [0.29, 0.717) is 5.92 Å². The summed E-state index contributed by atoms with van der Waals surface area (Å²) in [4.78, 5) is 0. The molecule has 1 aliphatic rings. The monoisotopic (exact) mass is 354 g/mol. The Balaban J connectivity index is 1.78. The minimum Gasteiger partial charge on any atom is -0.496 e. The minimum atomic E-state index is 0.223. The third kappa shape index (κ3) is 4.26. The van der Waals surface area contributed by atoms with Crippen LogP contribution in [0.4, 0.5) is 0 Å². The average molecular weight is 354 g/mol. The van der Waals surface area contributed by atoms with Gasteiger partial charge in [-0.3, -0.25) is 0 Å². The van der Waals surface area contributed by atoms with E-state index in [0.717, 1.165) is 31.7 Å². The minimum absolute atomic E-state index is 0.223. The molecule has 4 heteroatoms. The third-order valence-corrected chi connectivity index (χ3v) is 5.41. The van der Waals surface area contributed by atoms with Crippen LogP contribution in [0.25, 0.3) is 0 Å². The first-order valence-corrected chi connectivity index (χ1v) is 9.55. The van der Waals surface area contributed by atoms with Crippen molar-refractivity contribution in [1.29, 1.82) is 0 Å². The van der Waals surface area contributed by atoms with E-state index >= 15 is 0 Å². The van der Waals surface area contributed by atoms with Crippen LogP contribution in [0.15, 0.2) is 48.5 Å². The molecule has 2 aromatic carbocycles. The smallest absolute Gasteiger partial charge is 0.123 e. The number of aliphatic hydroxyl groups excluding tert-OH is 1. The summed E-state index contributed by atoms with van der Waals surface area (Å²) in [6.07, 6.45) is 1.82. The normalized spacial score (nSPS) is 22.5. The van der Waals surface area contributed by atoms with Crippen molar-refractivity contribution in [2.75, 3.05) is 20.3 Å². The number of benzene rings is 2. The quantitative estimate of drug-likeness (QED) is 0.682. The van der Waals surface area contributed by atoms with E-state index in [9.17, 15) is 5.11 Å². The van der Waals surface area contributed by atoms with Crippen molar-refractivity contribution in [1.82, 2.24) is 10.6 Å². The largest absolute Gasteiger partial charge is 0.496 e. The molecule has 0 aromatic heterocycles. The van der Waals surface area contributed by atoms with E-state index in [1.807, 2.05) is 6.07 Å². The standard InChI is InChI=1S/C22H30N2O2/c1-3-16-9-10-20(26-2)19(13-16)15-24-22-18(11-12-25)14-23-21(22)17-7-5-4-6-8-17/h4-10,13,18,21-25H,3,11-12,14-15H2,1-2H3. The average Bonchev–Trinajstić information content (AvgIpc) is 3.09. The number of aliphatic hydroxyl groups is 1. The van der Waals surface area contributed by atoms with Gasteiger partial charge in [0.2, 0.25) is 0 Å². The first kappa shape index (κ1) is 18.9. The number of aryl methyl sites for hydroxylation is 1. The maximum atomic E-state index is 9.46. The summed E-state index contributed by atoms with van der Waals surface area (Å²) >= 11 is 0. The molecule has 0 amide bonds. The Morgan fingerprint density at radius 1 is 1.19 bits per heavy atom. The zero-order chi connectivity index (χ0) is 18.4. The highest BCUT2D eigenvalue weighted by Crippen LogP contribution is 2.30. The molecule has 3 unspecified atom stereocenters. The van der Waals surface area contributed by atoms with E-state index in [2.05, 4.69) is 60.0 Å². The summed E-state index contributed by atoms with van der Waals surface area (Å²) in [6, 6.07) is 17.5. The maximum Gasteiger partial charge on any atom is 0.123 e. The Morgan fingerprint density at radius 2 is 2.00 bits per heavy atom. The van der Waals surface area contributed by atoms with Crippen LogP contribution < -0.4 is 15.4 Å². The van der Waals surface area contributed by atoms with Crippen molar-refractivity contribution < 1.29 is 9.84 Å². The van der Waals surface area contributed by atoms with Crippen LogP contribution in [0.3, 0.4) is 0 Å². The first-order valence-electron chi connectivity index (χ1n) is 9.55. The lowest BCUT2D eigenvalue weighted by atomic mass is 9.91. The summed E-state index contributed by atoms with van der Waals surface area (Å²) in [5.41, 5.74) is 3.80. The van der Waals surface area contributed by atoms with Crippen LogP contribution in [0.5, 0.6) is 5.75 Å². The highest BCUT2D eigenvalue weighted by Gasteiger charge is 2.35. The van der Waals surface area contributed by atoms with Gasteiger partial charge in [-0.2, -0.15) is 0 Å². The fourth-order valence-corrected chi connectivity index (χ4v) is 3.94. The van der Waals surface area contributed by atoms with Crippen molar-refractivity contribution >= 4 is 0 Å². The van der Waals surface area contributed by atoms with E-state index in [4.69, 9.17) is 4.74 Å². The molecule has 1 fully saturated rings. The second kappa shape index (κ2) is 9.17. The summed E-state index contributed by atoms with van der Waals surface area (Å²) in [5.74, 6) is 1.33. The highest BCUT2D eigenvalue weighted by molar-refractivity contribution is 5.37. The molecule has 3 rings (SSSR count). The predicted molar refractivity (Wildman–Crippen MR) is 105 cm³/mol. The molecular weight excluding hydrogens is 324 g/mol. The molecular formula is C22H30N2O2. The summed E-state index contributed by atoms with van der Waals surface area (Å²) in [7, 11) is 1.73. The number of hydrogen-bond acceptors (Lipinski definition) is 4. The lowest BCUT2D eigenvalue weighted by Gasteiger charge is -2.26. The molecule has 2 aromatic rings. The topological polar surface area (TPSA) is 53.5 Å². The van der Waals surface area contributed by atoms with E-state index in [1.54, 1.807) is 7.11 Å². The number of ether oxygens (including phenoxy) is 1. The Kier molecular flexibility index (Phi) is 6.67. The SMILES string of the molecule is CCc1ccc(OC)c(CNC2C(CCO)CNC2c2ccccc2)c1. The molecule has 0 bridgehead atoms. The number of rotatable bonds is 8. The second-order valence-electron chi connectivity index (χ2n) is 6.98. The van der Waals surface area contributed by atoms with Crippen LogP contribution in [-0.2, 0) is 13.0 Å². The zero-order valence-electron chi connectivity index (χ0n) is 15.7. The van der Waals surface area contributed by atoms with Crippen molar-refractivity contribution in [3.8, 4) is 5.75 Å². The van der Waals surface area contributed by atoms with Gasteiger partial charge in [-0.25, -0.2) is 0 Å². The zero-order valence-corrected chi connectivity index (χ0v) is 15.7. The van der Waals surface area contributed by atoms with E-state index in [-0.39, 0.29) is 18.7 Å². The van der Waals surface area contributed by atoms with Gasteiger partial charge in [0, 0.05) is 37.3 Å². The fourth-order valence-electron chi connectivity index (χ4n) is 3.94. The molecule has 140 valence electrons. The Morgan fingerprint density at radius 3 is 2.69 bits per heavy atom. The van der Waals surface area contributed by atoms with Crippen LogP contribution in [0, 0.1) is 5.92 Å². The summed E-state index contributed by atoms with van der Waals surface area (Å²) in [6.45, 7) is 4.07. The molecule has 1 saturated heterocycles. The van der Waals surface area contributed by atoms with Gasteiger partial charge in [0.1, 0.15) is 5.75 Å². The van der Waals surface area contributed by atoms with Crippen molar-refractivity contribution in [2.24, 2.45) is 5.92 Å². The van der Waals surface area contributed by atoms with Crippen molar-refractivity contribution in [3.63, 3.8) is 0 Å². The Hall–Kier alpha value is -1.88. The molecule has 3 N–H and O–H groups in total. The Labute approximate surface area is 156 Å². The maximum absolute atomic E-state index is 9.46. The number of methoxy groups -OCH3 is 1. The third-order valence-electron chi connectivity index (χ3n) is 5.41. The Bertz CT molecular complexity index is 690. The highest BCUT2D eigenvalue weighted by atomic mass is 16.5. The van der Waals surface area contributed by atoms with Gasteiger partial charge in [0.05, 0.1) is 7.11 Å². The van der Waals surface area contributed by atoms with Crippen LogP contribution in [0.1, 0.15) is 36.1 Å². The van der Waals surface area contributed by atoms with Gasteiger partial charge in [-0.1, -0.05) is 49.4 Å². The number of hydrogen-bond donors (Lipinski definition) is 3. The molecule has 1 heterocycles. The van der Waals surface area contributed by atoms with Crippen molar-refractivity contribution in [3.05, 3.63) is 65.2 Å². The summed E-state index contributed by atoms with van der Waals surface area (Å²) in [5, 5.41) is 16.9. The summed E-state index contributed by atoms with van der Waals surface area (Å²) < 4.78 is 5.55. The van der Waals surface area contributed by atoms with Crippen molar-refractivity contribution in [2.45, 2.75) is 38.4 Å². The molecule has 0 spiro atoms. The second-order valence-corrected chi connectivity index (χ2v) is 6.98. The molecule has 0 aliphatic carbocycles. The molecule has 4 nitrogen and oxygen atoms in total. The van der Waals surface area contributed by atoms with Crippen LogP contribution >= 0.6 is 0 Å². The molecule has 0 saturated carbocycles. The first-order chi connectivity index (χ1) is 12.8. The van der Waals surface area contributed by atoms with Crippen LogP contribution in [0.2, 0.25) is 0 Å². The van der Waals surface area contributed by atoms with Gasteiger partial charge >= 0.3 is 0 Å². The van der Waals surface area contributed by atoms with Gasteiger partial charge in [-0.15, -0.1) is 0 Å². The van der Waals surface area contributed by atoms with E-state index < -0.39 is 0 Å². The van der Waals surface area contributed by atoms with Gasteiger partial charge in [-0.05, 0) is 36.0 Å². The lowest BCUT2D eigenvalue weighted by molar-refractivity contribution is 0.243. The molecule has 1 aliphatic heterocycles. The van der Waals surface area contributed by atoms with Gasteiger partial charge in [0.15, 0.2) is 0 Å². The molecule has 3 atom stereocenters. The number of nitrogens with one attached hydrogen (secondary N) is 2.